The second-order valence-electron chi connectivity index (χ2n) is 10.5. The van der Waals surface area contributed by atoms with E-state index < -0.39 is 6.09 Å². The first-order valence-corrected chi connectivity index (χ1v) is 14.6. The van der Waals surface area contributed by atoms with Crippen LogP contribution in [0.3, 0.4) is 0 Å². The average molecular weight is 633 g/mol. The van der Waals surface area contributed by atoms with Crippen molar-refractivity contribution in [1.82, 2.24) is 14.9 Å². The number of nitrogens with one attached hydrogen (secondary N) is 1. The van der Waals surface area contributed by atoms with Crippen molar-refractivity contribution in [1.29, 1.82) is 0 Å². The molecule has 1 fully saturated rings. The smallest absolute Gasteiger partial charge is 0.426 e. The molecule has 1 N–H and O–H groups in total. The van der Waals surface area contributed by atoms with Crippen LogP contribution in [0.25, 0.3) is 0 Å². The molecule has 1 aliphatic rings. The lowest BCUT2D eigenvalue weighted by molar-refractivity contribution is 0.205. The van der Waals surface area contributed by atoms with E-state index in [1.165, 1.54) is 51.7 Å². The zero-order valence-electron chi connectivity index (χ0n) is 26.6. The molecule has 0 aliphatic carbocycles. The molecule has 5 rings (SSSR count). The Hall–Kier alpha value is -5.30. The van der Waals surface area contributed by atoms with Gasteiger partial charge in [0.25, 0.3) is 0 Å². The van der Waals surface area contributed by atoms with Crippen LogP contribution in [0.15, 0.2) is 66.9 Å². The van der Waals surface area contributed by atoms with E-state index in [9.17, 15) is 4.79 Å². The highest BCUT2D eigenvalue weighted by Gasteiger charge is 2.28. The van der Waals surface area contributed by atoms with Crippen LogP contribution in [0.1, 0.15) is 6.92 Å². The van der Waals surface area contributed by atoms with Gasteiger partial charge < -0.3 is 38.8 Å². The van der Waals surface area contributed by atoms with Gasteiger partial charge in [-0.1, -0.05) is 6.07 Å². The molecule has 2 heterocycles. The summed E-state index contributed by atoms with van der Waals surface area (Å²) in [6.07, 6.45) is 0.633. The fraction of sp³-hybridized carbons (Fsp3) is 0.303. The Labute approximate surface area is 267 Å². The van der Waals surface area contributed by atoms with Gasteiger partial charge in [-0.2, -0.15) is 4.98 Å². The number of ether oxygens (including phenoxy) is 5. The fourth-order valence-electron chi connectivity index (χ4n) is 5.11. The lowest BCUT2D eigenvalue weighted by atomic mass is 10.1. The molecule has 1 amide bonds. The third kappa shape index (κ3) is 6.84. The molecule has 0 saturated carbocycles. The summed E-state index contributed by atoms with van der Waals surface area (Å²) in [5.74, 6) is 1.38. The zero-order chi connectivity index (χ0) is 32.8. The van der Waals surface area contributed by atoms with Gasteiger partial charge in [-0.05, 0) is 56.4 Å². The number of likely N-dealkylation sites (N-methyl/N-ethyl adjacent to an activating group) is 1. The summed E-state index contributed by atoms with van der Waals surface area (Å²) in [5, 5.41) is 3.05. The van der Waals surface area contributed by atoms with Crippen LogP contribution in [-0.2, 0) is 0 Å². The van der Waals surface area contributed by atoms with Gasteiger partial charge in [-0.15, -0.1) is 0 Å². The SMILES string of the molecule is COc1ccc(N(C(=O)Oc2c(OC)cccc2OC)c2ccnc(Nc3ccc(N4CCN(C)C(C)C4)c(F)c3)n2)c(OC)c1. The number of carbonyl (C=O) groups excluding carboxylic acids is 1. The van der Waals surface area contributed by atoms with Crippen LogP contribution in [0.4, 0.5) is 38.0 Å². The Bertz CT molecular complexity index is 1670. The van der Waals surface area contributed by atoms with Crippen molar-refractivity contribution in [3.05, 3.63) is 72.7 Å². The van der Waals surface area contributed by atoms with Gasteiger partial charge in [0.05, 0.1) is 39.8 Å². The number of piperazine rings is 1. The van der Waals surface area contributed by atoms with E-state index in [4.69, 9.17) is 23.7 Å². The van der Waals surface area contributed by atoms with Crippen LogP contribution in [0.2, 0.25) is 0 Å². The Morgan fingerprint density at radius 3 is 2.33 bits per heavy atom. The van der Waals surface area contributed by atoms with Crippen molar-refractivity contribution in [2.24, 2.45) is 0 Å². The molecule has 12 nitrogen and oxygen atoms in total. The van der Waals surface area contributed by atoms with Crippen LogP contribution in [0.5, 0.6) is 28.7 Å². The number of anilines is 5. The number of halogens is 1. The van der Waals surface area contributed by atoms with E-state index in [1.54, 1.807) is 48.5 Å². The van der Waals surface area contributed by atoms with Gasteiger partial charge in [-0.25, -0.2) is 19.1 Å². The molecule has 1 aliphatic heterocycles. The monoisotopic (exact) mass is 632 g/mol. The summed E-state index contributed by atoms with van der Waals surface area (Å²) in [5.41, 5.74) is 1.28. The molecule has 46 heavy (non-hydrogen) atoms. The summed E-state index contributed by atoms with van der Waals surface area (Å²) < 4.78 is 43.0. The molecule has 0 spiro atoms. The first-order valence-electron chi connectivity index (χ1n) is 14.6. The first kappa shape index (κ1) is 32.1. The normalized spacial score (nSPS) is 14.8. The molecule has 1 saturated heterocycles. The number of rotatable bonds is 10. The molecular weight excluding hydrogens is 595 g/mol. The maximum Gasteiger partial charge on any atom is 0.426 e. The van der Waals surface area contributed by atoms with E-state index in [0.717, 1.165) is 19.6 Å². The highest BCUT2D eigenvalue weighted by molar-refractivity contribution is 5.98. The van der Waals surface area contributed by atoms with Gasteiger partial charge in [0.15, 0.2) is 11.5 Å². The van der Waals surface area contributed by atoms with Crippen molar-refractivity contribution in [2.75, 3.05) is 70.2 Å². The number of aromatic nitrogens is 2. The van der Waals surface area contributed by atoms with Crippen LogP contribution in [-0.4, -0.2) is 82.1 Å². The highest BCUT2D eigenvalue weighted by Crippen LogP contribution is 2.40. The molecule has 1 atom stereocenters. The van der Waals surface area contributed by atoms with Crippen LogP contribution in [0, 0.1) is 5.82 Å². The quantitative estimate of drug-likeness (QED) is 0.227. The van der Waals surface area contributed by atoms with Crippen molar-refractivity contribution in [3.63, 3.8) is 0 Å². The number of benzene rings is 3. The van der Waals surface area contributed by atoms with E-state index in [2.05, 4.69) is 34.2 Å². The van der Waals surface area contributed by atoms with Crippen molar-refractivity contribution in [3.8, 4) is 28.7 Å². The van der Waals surface area contributed by atoms with E-state index >= 15 is 4.39 Å². The second-order valence-corrected chi connectivity index (χ2v) is 10.5. The number of nitrogens with zero attached hydrogens (tertiary/aromatic N) is 5. The molecule has 4 aromatic rings. The van der Waals surface area contributed by atoms with E-state index in [1.807, 2.05) is 4.90 Å². The molecule has 1 unspecified atom stereocenters. The summed E-state index contributed by atoms with van der Waals surface area (Å²) in [7, 11) is 7.98. The molecule has 13 heteroatoms. The van der Waals surface area contributed by atoms with Gasteiger partial charge in [0.1, 0.15) is 23.1 Å². The molecule has 0 radical (unpaired) electrons. The molecule has 1 aromatic heterocycles. The zero-order valence-corrected chi connectivity index (χ0v) is 26.6. The highest BCUT2D eigenvalue weighted by atomic mass is 19.1. The van der Waals surface area contributed by atoms with Gasteiger partial charge in [-0.3, -0.25) is 0 Å². The number of hydrogen-bond acceptors (Lipinski definition) is 11. The third-order valence-electron chi connectivity index (χ3n) is 7.76. The summed E-state index contributed by atoms with van der Waals surface area (Å²) in [6.45, 7) is 4.44. The maximum absolute atomic E-state index is 15.3. The number of methoxy groups -OCH3 is 4. The maximum atomic E-state index is 15.3. The Morgan fingerprint density at radius 1 is 0.935 bits per heavy atom. The lowest BCUT2D eigenvalue weighted by Crippen LogP contribution is -2.50. The predicted octanol–water partition coefficient (Wildman–Crippen LogP) is 5.87. The Morgan fingerprint density at radius 2 is 1.67 bits per heavy atom. The van der Waals surface area contributed by atoms with Crippen LogP contribution >= 0.6 is 0 Å². The molecule has 242 valence electrons. The Balaban J connectivity index is 1.48. The summed E-state index contributed by atoms with van der Waals surface area (Å²) in [4.78, 5) is 28.4. The van der Waals surface area contributed by atoms with E-state index in [-0.39, 0.29) is 34.8 Å². The fourth-order valence-corrected chi connectivity index (χ4v) is 5.11. The molecular formula is C33H37FN6O6. The summed E-state index contributed by atoms with van der Waals surface area (Å²) in [6, 6.07) is 16.7. The predicted molar refractivity (Wildman–Crippen MR) is 173 cm³/mol. The van der Waals surface area contributed by atoms with Crippen molar-refractivity contribution >= 4 is 34.9 Å². The largest absolute Gasteiger partial charge is 0.497 e. The Kier molecular flexibility index (Phi) is 9.91. The second kappa shape index (κ2) is 14.2. The number of para-hydroxylation sites is 1. The van der Waals surface area contributed by atoms with Gasteiger partial charge >= 0.3 is 6.09 Å². The standard InChI is InChI=1S/C33H37FN6O6/c1-21-20-39(17-16-38(21)2)25-12-10-22(18-24(25)34)36-32-35-15-14-30(37-32)40(26-13-11-23(42-3)19-29(26)45-6)33(41)46-31-27(43-4)8-7-9-28(31)44-5/h7-15,18-19,21H,16-17,20H2,1-6H3,(H,35,36,37). The molecule has 3 aromatic carbocycles. The van der Waals surface area contributed by atoms with E-state index in [0.29, 0.717) is 34.6 Å². The third-order valence-corrected chi connectivity index (χ3v) is 7.76. The van der Waals surface area contributed by atoms with Crippen molar-refractivity contribution < 1.29 is 32.9 Å². The first-order chi connectivity index (χ1) is 22.3. The minimum Gasteiger partial charge on any atom is -0.497 e. The topological polar surface area (TPSA) is 111 Å². The number of hydrogen-bond donors (Lipinski definition) is 1. The lowest BCUT2D eigenvalue weighted by Gasteiger charge is -2.39. The molecule has 0 bridgehead atoms. The number of carbonyl (C=O) groups is 1. The van der Waals surface area contributed by atoms with Crippen LogP contribution < -0.4 is 38.8 Å². The van der Waals surface area contributed by atoms with Gasteiger partial charge in [0, 0.05) is 49.7 Å². The van der Waals surface area contributed by atoms with Gasteiger partial charge in [0.2, 0.25) is 11.7 Å². The average Bonchev–Trinajstić information content (AvgIpc) is 3.06. The summed E-state index contributed by atoms with van der Waals surface area (Å²) >= 11 is 0. The van der Waals surface area contributed by atoms with Crippen molar-refractivity contribution in [2.45, 2.75) is 13.0 Å². The number of amides is 1. The minimum atomic E-state index is -0.840. The minimum absolute atomic E-state index is 0.0766.